The Hall–Kier alpha value is -0.570. The van der Waals surface area contributed by atoms with Gasteiger partial charge in [0.25, 0.3) is 0 Å². The quantitative estimate of drug-likeness (QED) is 0.750. The van der Waals surface area contributed by atoms with Gasteiger partial charge in [0, 0.05) is 19.0 Å². The lowest BCUT2D eigenvalue weighted by molar-refractivity contribution is -0.136. The van der Waals surface area contributed by atoms with Gasteiger partial charge in [-0.15, -0.1) is 0 Å². The largest absolute Gasteiger partial charge is 0.342 e. The van der Waals surface area contributed by atoms with Crippen molar-refractivity contribution in [3.8, 4) is 0 Å². The van der Waals surface area contributed by atoms with Crippen LogP contribution in [0, 0.1) is 11.8 Å². The minimum Gasteiger partial charge on any atom is -0.342 e. The molecule has 100 valence electrons. The molecule has 3 nitrogen and oxygen atoms in total. The predicted octanol–water partition coefficient (Wildman–Crippen LogP) is 2.40. The number of carbonyl (C=O) groups excluding carboxylic acids is 1. The molecular weight excluding hydrogens is 212 g/mol. The first-order chi connectivity index (χ1) is 8.19. The summed E-state index contributed by atoms with van der Waals surface area (Å²) in [7, 11) is 0. The van der Waals surface area contributed by atoms with Crippen LogP contribution in [0.3, 0.4) is 0 Å². The van der Waals surface area contributed by atoms with E-state index in [4.69, 9.17) is 5.73 Å². The third-order valence-electron chi connectivity index (χ3n) is 3.83. The van der Waals surface area contributed by atoms with E-state index in [-0.39, 0.29) is 5.92 Å². The molecule has 3 heteroatoms. The first-order valence-corrected chi connectivity index (χ1v) is 7.17. The molecule has 1 fully saturated rings. The number of amides is 1. The van der Waals surface area contributed by atoms with Crippen molar-refractivity contribution in [1.29, 1.82) is 0 Å². The molecule has 1 atom stereocenters. The van der Waals surface area contributed by atoms with Gasteiger partial charge in [0.05, 0.1) is 0 Å². The van der Waals surface area contributed by atoms with Crippen LogP contribution in [0.2, 0.25) is 0 Å². The molecule has 2 N–H and O–H groups in total. The summed E-state index contributed by atoms with van der Waals surface area (Å²) in [5.74, 6) is 1.06. The van der Waals surface area contributed by atoms with Gasteiger partial charge in [-0.3, -0.25) is 4.79 Å². The van der Waals surface area contributed by atoms with Crippen molar-refractivity contribution in [2.45, 2.75) is 52.4 Å². The Morgan fingerprint density at radius 2 is 1.88 bits per heavy atom. The first-order valence-electron chi connectivity index (χ1n) is 7.17. The summed E-state index contributed by atoms with van der Waals surface area (Å²) in [4.78, 5) is 14.4. The van der Waals surface area contributed by atoms with Crippen LogP contribution in [0.25, 0.3) is 0 Å². The third-order valence-corrected chi connectivity index (χ3v) is 3.83. The van der Waals surface area contributed by atoms with E-state index in [1.165, 1.54) is 25.7 Å². The highest BCUT2D eigenvalue weighted by molar-refractivity contribution is 5.78. The second-order valence-corrected chi connectivity index (χ2v) is 5.41. The molecule has 1 aliphatic rings. The summed E-state index contributed by atoms with van der Waals surface area (Å²) in [5.41, 5.74) is 5.64. The van der Waals surface area contributed by atoms with Crippen LogP contribution in [0.1, 0.15) is 52.4 Å². The zero-order valence-electron chi connectivity index (χ0n) is 11.5. The fourth-order valence-electron chi connectivity index (χ4n) is 2.61. The normalized spacial score (nSPS) is 19.7. The summed E-state index contributed by atoms with van der Waals surface area (Å²) in [5, 5.41) is 0. The van der Waals surface area contributed by atoms with E-state index in [2.05, 4.69) is 13.8 Å². The molecule has 0 radical (unpaired) electrons. The van der Waals surface area contributed by atoms with E-state index in [0.29, 0.717) is 18.4 Å². The predicted molar refractivity (Wildman–Crippen MR) is 71.7 cm³/mol. The lowest BCUT2D eigenvalue weighted by Gasteiger charge is -2.28. The molecular formula is C14H28N2O. The summed E-state index contributed by atoms with van der Waals surface area (Å²) in [6.45, 7) is 6.48. The van der Waals surface area contributed by atoms with Crippen molar-refractivity contribution in [2.75, 3.05) is 19.6 Å². The van der Waals surface area contributed by atoms with E-state index < -0.39 is 0 Å². The number of nitrogens with two attached hydrogens (primary N) is 1. The number of hydrogen-bond donors (Lipinski definition) is 1. The number of carbonyl (C=O) groups is 1. The van der Waals surface area contributed by atoms with E-state index in [1.54, 1.807) is 0 Å². The van der Waals surface area contributed by atoms with E-state index in [9.17, 15) is 4.79 Å². The summed E-state index contributed by atoms with van der Waals surface area (Å²) < 4.78 is 0. The minimum atomic E-state index is 0.280. The highest BCUT2D eigenvalue weighted by Crippen LogP contribution is 2.24. The second-order valence-electron chi connectivity index (χ2n) is 5.41. The van der Waals surface area contributed by atoms with Gasteiger partial charge in [-0.2, -0.15) is 0 Å². The van der Waals surface area contributed by atoms with E-state index in [1.807, 2.05) is 4.90 Å². The molecule has 0 spiro atoms. The van der Waals surface area contributed by atoms with Crippen molar-refractivity contribution < 1.29 is 4.79 Å². The molecule has 1 unspecified atom stereocenters. The molecule has 0 aromatic heterocycles. The third kappa shape index (κ3) is 4.66. The van der Waals surface area contributed by atoms with Crippen LogP contribution in [0.5, 0.6) is 0 Å². The zero-order valence-corrected chi connectivity index (χ0v) is 11.5. The Morgan fingerprint density at radius 1 is 1.29 bits per heavy atom. The maximum atomic E-state index is 12.4. The molecule has 0 saturated heterocycles. The van der Waals surface area contributed by atoms with Gasteiger partial charge in [-0.25, -0.2) is 0 Å². The van der Waals surface area contributed by atoms with Crippen LogP contribution in [0.15, 0.2) is 0 Å². The summed E-state index contributed by atoms with van der Waals surface area (Å²) >= 11 is 0. The summed E-state index contributed by atoms with van der Waals surface area (Å²) in [6, 6.07) is 0. The monoisotopic (exact) mass is 240 g/mol. The van der Waals surface area contributed by atoms with Crippen LogP contribution < -0.4 is 5.73 Å². The lowest BCUT2D eigenvalue weighted by Crippen LogP contribution is -2.40. The van der Waals surface area contributed by atoms with Crippen LogP contribution >= 0.6 is 0 Å². The van der Waals surface area contributed by atoms with Crippen molar-refractivity contribution in [1.82, 2.24) is 4.90 Å². The minimum absolute atomic E-state index is 0.280. The van der Waals surface area contributed by atoms with Gasteiger partial charge in [0.2, 0.25) is 5.91 Å². The van der Waals surface area contributed by atoms with Gasteiger partial charge < -0.3 is 10.6 Å². The van der Waals surface area contributed by atoms with Gasteiger partial charge in [0.15, 0.2) is 0 Å². The number of nitrogens with zero attached hydrogens (tertiary/aromatic N) is 1. The Morgan fingerprint density at radius 3 is 2.35 bits per heavy atom. The van der Waals surface area contributed by atoms with Gasteiger partial charge in [-0.1, -0.05) is 32.6 Å². The molecule has 0 heterocycles. The van der Waals surface area contributed by atoms with Crippen molar-refractivity contribution in [3.63, 3.8) is 0 Å². The zero-order chi connectivity index (χ0) is 12.7. The maximum absolute atomic E-state index is 12.4. The molecule has 1 saturated carbocycles. The second kappa shape index (κ2) is 7.70. The van der Waals surface area contributed by atoms with Crippen LogP contribution in [-0.4, -0.2) is 30.4 Å². The fraction of sp³-hybridized carbons (Fsp3) is 0.929. The van der Waals surface area contributed by atoms with Crippen LogP contribution in [0.4, 0.5) is 0 Å². The summed E-state index contributed by atoms with van der Waals surface area (Å²) in [6.07, 6.45) is 7.23. The highest BCUT2D eigenvalue weighted by Gasteiger charge is 2.24. The average Bonchev–Trinajstić information content (AvgIpc) is 2.63. The standard InChI is InChI=1S/C14H28N2O/c1-3-16(11-12(2)10-15)14(17)13-8-6-4-5-7-9-13/h12-13H,3-11,15H2,1-2H3. The van der Waals surface area contributed by atoms with Gasteiger partial charge >= 0.3 is 0 Å². The fourth-order valence-corrected chi connectivity index (χ4v) is 2.61. The van der Waals surface area contributed by atoms with Crippen molar-refractivity contribution in [3.05, 3.63) is 0 Å². The topological polar surface area (TPSA) is 46.3 Å². The molecule has 0 aromatic carbocycles. The molecule has 17 heavy (non-hydrogen) atoms. The first kappa shape index (κ1) is 14.5. The molecule has 0 aromatic rings. The molecule has 1 rings (SSSR count). The Kier molecular flexibility index (Phi) is 6.56. The Balaban J connectivity index is 2.51. The van der Waals surface area contributed by atoms with Gasteiger partial charge in [-0.05, 0) is 32.2 Å². The van der Waals surface area contributed by atoms with Crippen LogP contribution in [-0.2, 0) is 4.79 Å². The molecule has 0 aliphatic heterocycles. The highest BCUT2D eigenvalue weighted by atomic mass is 16.2. The SMILES string of the molecule is CCN(CC(C)CN)C(=O)C1CCCCCC1. The smallest absolute Gasteiger partial charge is 0.225 e. The van der Waals surface area contributed by atoms with Crippen molar-refractivity contribution >= 4 is 5.91 Å². The Bertz CT molecular complexity index is 222. The number of rotatable bonds is 5. The van der Waals surface area contributed by atoms with E-state index >= 15 is 0 Å². The average molecular weight is 240 g/mol. The molecule has 1 aliphatic carbocycles. The van der Waals surface area contributed by atoms with Crippen molar-refractivity contribution in [2.24, 2.45) is 17.6 Å². The van der Waals surface area contributed by atoms with Gasteiger partial charge in [0.1, 0.15) is 0 Å². The maximum Gasteiger partial charge on any atom is 0.225 e. The number of hydrogen-bond acceptors (Lipinski definition) is 2. The molecule has 1 amide bonds. The molecule has 0 bridgehead atoms. The lowest BCUT2D eigenvalue weighted by atomic mass is 9.98. The van der Waals surface area contributed by atoms with E-state index in [0.717, 1.165) is 25.9 Å². The Labute approximate surface area is 106 Å².